The largest absolute Gasteiger partial charge is 0.299 e. The van der Waals surface area contributed by atoms with E-state index >= 15 is 0 Å². The third-order valence-corrected chi connectivity index (χ3v) is 5.85. The molecular formula is C20H33NO4S. The number of carbonyl (C=O) groups excluding carboxylic acids is 4. The van der Waals surface area contributed by atoms with Gasteiger partial charge >= 0.3 is 0 Å². The minimum absolute atomic E-state index is 0.0692. The SMILES string of the molecule is CC(C)C(=O)CCCCCN1C(=O)CC(SCCC(=O)C(C)(C)C)C1=O. The molecule has 0 saturated carbocycles. The number of nitrogens with zero attached hydrogens (tertiary/aromatic N) is 1. The summed E-state index contributed by atoms with van der Waals surface area (Å²) in [7, 11) is 0. The molecule has 0 bridgehead atoms. The van der Waals surface area contributed by atoms with Crippen LogP contribution in [0.3, 0.4) is 0 Å². The van der Waals surface area contributed by atoms with Crippen molar-refractivity contribution in [3.05, 3.63) is 0 Å². The van der Waals surface area contributed by atoms with E-state index in [1.54, 1.807) is 0 Å². The van der Waals surface area contributed by atoms with Crippen LogP contribution in [0.1, 0.15) is 73.1 Å². The lowest BCUT2D eigenvalue weighted by atomic mass is 9.89. The van der Waals surface area contributed by atoms with Crippen molar-refractivity contribution in [1.82, 2.24) is 4.90 Å². The monoisotopic (exact) mass is 383 g/mol. The smallest absolute Gasteiger partial charge is 0.242 e. The Labute approximate surface area is 161 Å². The Hall–Kier alpha value is -1.17. The Bertz CT molecular complexity index is 536. The lowest BCUT2D eigenvalue weighted by Gasteiger charge is -2.17. The van der Waals surface area contributed by atoms with Crippen molar-refractivity contribution in [2.45, 2.75) is 78.4 Å². The Balaban J connectivity index is 2.30. The van der Waals surface area contributed by atoms with Crippen molar-refractivity contribution >= 4 is 35.1 Å². The highest BCUT2D eigenvalue weighted by Gasteiger charge is 2.38. The summed E-state index contributed by atoms with van der Waals surface area (Å²) in [6, 6.07) is 0. The van der Waals surface area contributed by atoms with Gasteiger partial charge in [0.2, 0.25) is 11.8 Å². The summed E-state index contributed by atoms with van der Waals surface area (Å²) in [6.07, 6.45) is 3.62. The van der Waals surface area contributed by atoms with Gasteiger partial charge < -0.3 is 0 Å². The van der Waals surface area contributed by atoms with E-state index in [2.05, 4.69) is 0 Å². The summed E-state index contributed by atoms with van der Waals surface area (Å²) in [4.78, 5) is 49.3. The fourth-order valence-corrected chi connectivity index (χ4v) is 3.84. The van der Waals surface area contributed by atoms with E-state index in [-0.39, 0.29) is 46.4 Å². The molecule has 0 aromatic carbocycles. The molecule has 1 heterocycles. The average molecular weight is 384 g/mol. The molecular weight excluding hydrogens is 350 g/mol. The van der Waals surface area contributed by atoms with Crippen molar-refractivity contribution < 1.29 is 19.2 Å². The summed E-state index contributed by atoms with van der Waals surface area (Å²) in [5.74, 6) is 0.841. The maximum absolute atomic E-state index is 12.4. The predicted octanol–water partition coefficient (Wildman–Crippen LogP) is 3.64. The summed E-state index contributed by atoms with van der Waals surface area (Å²) in [5.41, 5.74) is -0.362. The Morgan fingerprint density at radius 1 is 1.12 bits per heavy atom. The van der Waals surface area contributed by atoms with Crippen LogP contribution in [0.25, 0.3) is 0 Å². The van der Waals surface area contributed by atoms with E-state index < -0.39 is 0 Å². The number of Topliss-reactive ketones (excluding diaryl/α,β-unsaturated/α-hetero) is 2. The molecule has 6 heteroatoms. The first-order chi connectivity index (χ1) is 12.0. The Morgan fingerprint density at radius 2 is 1.77 bits per heavy atom. The first-order valence-corrected chi connectivity index (χ1v) is 10.6. The number of hydrogen-bond acceptors (Lipinski definition) is 5. The molecule has 2 amide bonds. The molecule has 0 aromatic heterocycles. The standard InChI is InChI=1S/C20H33NO4S/c1-14(2)15(22)9-7-6-8-11-21-18(24)13-16(19(21)25)26-12-10-17(23)20(3,4)5/h14,16H,6-13H2,1-5H3. The highest BCUT2D eigenvalue weighted by molar-refractivity contribution is 8.00. The Morgan fingerprint density at radius 3 is 2.35 bits per heavy atom. The van der Waals surface area contributed by atoms with Crippen LogP contribution in [0, 0.1) is 11.3 Å². The molecule has 0 spiro atoms. The number of imide groups is 1. The highest BCUT2D eigenvalue weighted by atomic mass is 32.2. The number of hydrogen-bond donors (Lipinski definition) is 0. The molecule has 1 atom stereocenters. The molecule has 0 aromatic rings. The van der Waals surface area contributed by atoms with Gasteiger partial charge in [0.05, 0.1) is 5.25 Å². The van der Waals surface area contributed by atoms with E-state index in [0.29, 0.717) is 25.1 Å². The predicted molar refractivity (Wildman–Crippen MR) is 105 cm³/mol. The van der Waals surface area contributed by atoms with Gasteiger partial charge in [-0.3, -0.25) is 24.1 Å². The molecule has 0 aliphatic carbocycles. The van der Waals surface area contributed by atoms with Gasteiger partial charge in [-0.15, -0.1) is 11.8 Å². The normalized spacial score (nSPS) is 18.1. The van der Waals surface area contributed by atoms with Crippen LogP contribution in [-0.2, 0) is 19.2 Å². The fourth-order valence-electron chi connectivity index (χ4n) is 2.72. The van der Waals surface area contributed by atoms with Gasteiger partial charge in [0.25, 0.3) is 0 Å². The van der Waals surface area contributed by atoms with E-state index in [4.69, 9.17) is 0 Å². The molecule has 0 radical (unpaired) electrons. The molecule has 148 valence electrons. The highest BCUT2D eigenvalue weighted by Crippen LogP contribution is 2.27. The first kappa shape index (κ1) is 22.9. The third kappa shape index (κ3) is 7.22. The molecule has 1 aliphatic heterocycles. The van der Waals surface area contributed by atoms with Gasteiger partial charge in [-0.25, -0.2) is 0 Å². The second-order valence-electron chi connectivity index (χ2n) is 8.30. The second kappa shape index (κ2) is 10.2. The average Bonchev–Trinajstić information content (AvgIpc) is 2.80. The summed E-state index contributed by atoms with van der Waals surface area (Å²) in [5, 5.41) is -0.349. The minimum Gasteiger partial charge on any atom is -0.299 e. The van der Waals surface area contributed by atoms with Gasteiger partial charge in [-0.2, -0.15) is 0 Å². The van der Waals surface area contributed by atoms with Crippen molar-refractivity contribution in [3.8, 4) is 0 Å². The lowest BCUT2D eigenvalue weighted by molar-refractivity contribution is -0.138. The first-order valence-electron chi connectivity index (χ1n) is 9.56. The van der Waals surface area contributed by atoms with Crippen LogP contribution in [0.2, 0.25) is 0 Å². The molecule has 5 nitrogen and oxygen atoms in total. The molecule has 26 heavy (non-hydrogen) atoms. The van der Waals surface area contributed by atoms with Crippen molar-refractivity contribution in [3.63, 3.8) is 0 Å². The van der Waals surface area contributed by atoms with E-state index in [1.807, 2.05) is 34.6 Å². The number of rotatable bonds is 11. The molecule has 1 unspecified atom stereocenters. The van der Waals surface area contributed by atoms with E-state index in [1.165, 1.54) is 16.7 Å². The van der Waals surface area contributed by atoms with Gasteiger partial charge in [-0.05, 0) is 12.8 Å². The number of unbranched alkanes of at least 4 members (excludes halogenated alkanes) is 2. The Kier molecular flexibility index (Phi) is 9.01. The van der Waals surface area contributed by atoms with Gasteiger partial charge in [0, 0.05) is 42.9 Å². The molecule has 1 aliphatic rings. The summed E-state index contributed by atoms with van der Waals surface area (Å²) >= 11 is 1.42. The van der Waals surface area contributed by atoms with E-state index in [9.17, 15) is 19.2 Å². The van der Waals surface area contributed by atoms with E-state index in [0.717, 1.165) is 19.3 Å². The number of thioether (sulfide) groups is 1. The van der Waals surface area contributed by atoms with Gasteiger partial charge in [-0.1, -0.05) is 41.0 Å². The number of ketones is 2. The van der Waals surface area contributed by atoms with Crippen molar-refractivity contribution in [1.29, 1.82) is 0 Å². The van der Waals surface area contributed by atoms with Crippen molar-refractivity contribution in [2.24, 2.45) is 11.3 Å². The quantitative estimate of drug-likeness (QED) is 0.402. The maximum Gasteiger partial charge on any atom is 0.242 e. The van der Waals surface area contributed by atoms with Crippen LogP contribution < -0.4 is 0 Å². The van der Waals surface area contributed by atoms with Crippen molar-refractivity contribution in [2.75, 3.05) is 12.3 Å². The third-order valence-electron chi connectivity index (χ3n) is 4.64. The maximum atomic E-state index is 12.4. The number of carbonyl (C=O) groups is 4. The lowest BCUT2D eigenvalue weighted by Crippen LogP contribution is -2.32. The second-order valence-corrected chi connectivity index (χ2v) is 9.61. The van der Waals surface area contributed by atoms with Gasteiger partial charge in [0.1, 0.15) is 11.6 Å². The zero-order chi connectivity index (χ0) is 19.9. The summed E-state index contributed by atoms with van der Waals surface area (Å²) < 4.78 is 0. The van der Waals surface area contributed by atoms with Gasteiger partial charge in [0.15, 0.2) is 0 Å². The topological polar surface area (TPSA) is 71.5 Å². The van der Waals surface area contributed by atoms with Crippen LogP contribution in [0.4, 0.5) is 0 Å². The molecule has 0 N–H and O–H groups in total. The molecule has 1 fully saturated rings. The van der Waals surface area contributed by atoms with Crippen LogP contribution in [0.5, 0.6) is 0 Å². The van der Waals surface area contributed by atoms with Crippen LogP contribution >= 0.6 is 11.8 Å². The van der Waals surface area contributed by atoms with Crippen LogP contribution in [0.15, 0.2) is 0 Å². The van der Waals surface area contributed by atoms with Crippen LogP contribution in [-0.4, -0.2) is 45.8 Å². The zero-order valence-corrected chi connectivity index (χ0v) is 17.6. The number of likely N-dealkylation sites (tertiary alicyclic amines) is 1. The molecule has 1 rings (SSSR count). The summed E-state index contributed by atoms with van der Waals surface area (Å²) in [6.45, 7) is 9.90. The zero-order valence-electron chi connectivity index (χ0n) is 16.8. The minimum atomic E-state index is -0.362. The molecule has 1 saturated heterocycles. The fraction of sp³-hybridized carbons (Fsp3) is 0.800. The number of amides is 2.